The van der Waals surface area contributed by atoms with Crippen LogP contribution < -0.4 is 10.1 Å². The van der Waals surface area contributed by atoms with E-state index in [-0.39, 0.29) is 5.91 Å². The summed E-state index contributed by atoms with van der Waals surface area (Å²) in [4.78, 5) is 12.3. The lowest BCUT2D eigenvalue weighted by atomic mass is 10.2. The molecule has 1 amide bonds. The Hall–Kier alpha value is -1.71. The third kappa shape index (κ3) is 4.39. The van der Waals surface area contributed by atoms with E-state index in [4.69, 9.17) is 27.9 Å². The molecule has 0 saturated heterocycles. The molecule has 0 fully saturated rings. The Labute approximate surface area is 140 Å². The first-order valence-electron chi connectivity index (χ1n) is 6.99. The lowest BCUT2D eigenvalue weighted by Crippen LogP contribution is -2.32. The Kier molecular flexibility index (Phi) is 5.69. The smallest absolute Gasteiger partial charge is 0.265 e. The van der Waals surface area contributed by atoms with Crippen molar-refractivity contribution in [3.8, 4) is 5.75 Å². The molecule has 3 nitrogen and oxygen atoms in total. The van der Waals surface area contributed by atoms with Crippen molar-refractivity contribution < 1.29 is 9.53 Å². The van der Waals surface area contributed by atoms with Crippen LogP contribution >= 0.6 is 23.2 Å². The van der Waals surface area contributed by atoms with Crippen LogP contribution in [0.1, 0.15) is 18.9 Å². The van der Waals surface area contributed by atoms with E-state index >= 15 is 0 Å². The SMILES string of the molecule is CCC(Oc1ccc(Cl)c(C)c1)C(=O)Nc1ccc(Cl)cc1. The second-order valence-corrected chi connectivity index (χ2v) is 5.77. The van der Waals surface area contributed by atoms with Gasteiger partial charge < -0.3 is 10.1 Å². The number of nitrogens with one attached hydrogen (secondary N) is 1. The van der Waals surface area contributed by atoms with E-state index in [2.05, 4.69) is 5.32 Å². The molecule has 0 heterocycles. The molecular formula is C17H17Cl2NO2. The average Bonchev–Trinajstić information content (AvgIpc) is 2.50. The number of hydrogen-bond donors (Lipinski definition) is 1. The van der Waals surface area contributed by atoms with Gasteiger partial charge >= 0.3 is 0 Å². The molecule has 1 atom stereocenters. The highest BCUT2D eigenvalue weighted by molar-refractivity contribution is 6.31. The summed E-state index contributed by atoms with van der Waals surface area (Å²) in [5, 5.41) is 4.11. The van der Waals surface area contributed by atoms with Crippen LogP contribution in [0, 0.1) is 6.92 Å². The summed E-state index contributed by atoms with van der Waals surface area (Å²) in [6.07, 6.45) is -0.0163. The van der Waals surface area contributed by atoms with Gasteiger partial charge in [0.2, 0.25) is 0 Å². The van der Waals surface area contributed by atoms with Crippen molar-refractivity contribution in [1.29, 1.82) is 0 Å². The third-order valence-electron chi connectivity index (χ3n) is 3.18. The third-order valence-corrected chi connectivity index (χ3v) is 3.86. The van der Waals surface area contributed by atoms with E-state index in [0.717, 1.165) is 5.56 Å². The highest BCUT2D eigenvalue weighted by Crippen LogP contribution is 2.23. The van der Waals surface area contributed by atoms with Gasteiger partial charge in [-0.15, -0.1) is 0 Å². The van der Waals surface area contributed by atoms with Gasteiger partial charge in [-0.2, -0.15) is 0 Å². The maximum absolute atomic E-state index is 12.3. The molecule has 2 rings (SSSR count). The van der Waals surface area contributed by atoms with Crippen molar-refractivity contribution in [2.45, 2.75) is 26.4 Å². The number of anilines is 1. The number of carbonyl (C=O) groups excluding carboxylic acids is 1. The molecule has 2 aromatic rings. The molecular weight excluding hydrogens is 321 g/mol. The van der Waals surface area contributed by atoms with E-state index in [1.165, 1.54) is 0 Å². The van der Waals surface area contributed by atoms with Crippen LogP contribution in [0.2, 0.25) is 10.0 Å². The monoisotopic (exact) mass is 337 g/mol. The standard InChI is InChI=1S/C17H17Cl2NO2/c1-3-16(22-14-8-9-15(19)11(2)10-14)17(21)20-13-6-4-12(18)5-7-13/h4-10,16H,3H2,1-2H3,(H,20,21). The molecule has 0 bridgehead atoms. The molecule has 0 aromatic heterocycles. The van der Waals surface area contributed by atoms with Crippen LogP contribution in [-0.2, 0) is 4.79 Å². The molecule has 0 aliphatic rings. The first-order chi connectivity index (χ1) is 10.5. The Morgan fingerprint density at radius 1 is 1.18 bits per heavy atom. The molecule has 0 aliphatic heterocycles. The zero-order valence-electron chi connectivity index (χ0n) is 12.4. The number of amides is 1. The van der Waals surface area contributed by atoms with Crippen LogP contribution in [0.3, 0.4) is 0 Å². The highest BCUT2D eigenvalue weighted by atomic mass is 35.5. The van der Waals surface area contributed by atoms with Crippen molar-refractivity contribution in [3.05, 3.63) is 58.1 Å². The second-order valence-electron chi connectivity index (χ2n) is 4.92. The normalized spacial score (nSPS) is 11.8. The number of benzene rings is 2. The first-order valence-corrected chi connectivity index (χ1v) is 7.74. The van der Waals surface area contributed by atoms with Crippen molar-refractivity contribution in [2.24, 2.45) is 0 Å². The summed E-state index contributed by atoms with van der Waals surface area (Å²) in [6.45, 7) is 3.79. The molecule has 116 valence electrons. The van der Waals surface area contributed by atoms with E-state index in [1.807, 2.05) is 19.9 Å². The lowest BCUT2D eigenvalue weighted by Gasteiger charge is -2.18. The van der Waals surface area contributed by atoms with Crippen LogP contribution in [0.15, 0.2) is 42.5 Å². The minimum atomic E-state index is -0.573. The fraction of sp³-hybridized carbons (Fsp3) is 0.235. The molecule has 1 N–H and O–H groups in total. The van der Waals surface area contributed by atoms with Gasteiger partial charge in [0, 0.05) is 15.7 Å². The molecule has 0 spiro atoms. The fourth-order valence-electron chi connectivity index (χ4n) is 1.93. The predicted molar refractivity (Wildman–Crippen MR) is 91.0 cm³/mol. The number of aryl methyl sites for hydroxylation is 1. The fourth-order valence-corrected chi connectivity index (χ4v) is 2.18. The van der Waals surface area contributed by atoms with Gasteiger partial charge in [0.1, 0.15) is 5.75 Å². The number of rotatable bonds is 5. The minimum absolute atomic E-state index is 0.197. The largest absolute Gasteiger partial charge is 0.481 e. The van der Waals surface area contributed by atoms with Gasteiger partial charge in [-0.05, 0) is 61.4 Å². The molecule has 2 aromatic carbocycles. The van der Waals surface area contributed by atoms with Crippen molar-refractivity contribution >= 4 is 34.8 Å². The Morgan fingerprint density at radius 3 is 2.45 bits per heavy atom. The van der Waals surface area contributed by atoms with Crippen molar-refractivity contribution in [1.82, 2.24) is 0 Å². The average molecular weight is 338 g/mol. The van der Waals surface area contributed by atoms with E-state index in [1.54, 1.807) is 36.4 Å². The maximum Gasteiger partial charge on any atom is 0.265 e. The number of ether oxygens (including phenoxy) is 1. The summed E-state index contributed by atoms with van der Waals surface area (Å²) in [5.41, 5.74) is 1.59. The van der Waals surface area contributed by atoms with Crippen LogP contribution in [0.25, 0.3) is 0 Å². The number of hydrogen-bond acceptors (Lipinski definition) is 2. The Balaban J connectivity index is 2.05. The van der Waals surface area contributed by atoms with Gasteiger partial charge in [0.25, 0.3) is 5.91 Å². The van der Waals surface area contributed by atoms with E-state index < -0.39 is 6.10 Å². The van der Waals surface area contributed by atoms with Gasteiger partial charge in [0.15, 0.2) is 6.10 Å². The number of halogens is 2. The van der Waals surface area contributed by atoms with Gasteiger partial charge in [-0.25, -0.2) is 0 Å². The van der Waals surface area contributed by atoms with Crippen molar-refractivity contribution in [2.75, 3.05) is 5.32 Å². The van der Waals surface area contributed by atoms with Gasteiger partial charge in [0.05, 0.1) is 0 Å². The topological polar surface area (TPSA) is 38.3 Å². The summed E-state index contributed by atoms with van der Waals surface area (Å²) >= 11 is 11.8. The quantitative estimate of drug-likeness (QED) is 0.824. The number of carbonyl (C=O) groups is 1. The van der Waals surface area contributed by atoms with E-state index in [9.17, 15) is 4.79 Å². The molecule has 0 radical (unpaired) electrons. The zero-order chi connectivity index (χ0) is 16.1. The molecule has 5 heteroatoms. The summed E-state index contributed by atoms with van der Waals surface area (Å²) in [6, 6.07) is 12.3. The lowest BCUT2D eigenvalue weighted by molar-refractivity contribution is -0.122. The molecule has 1 unspecified atom stereocenters. The van der Waals surface area contributed by atoms with Crippen molar-refractivity contribution in [3.63, 3.8) is 0 Å². The highest BCUT2D eigenvalue weighted by Gasteiger charge is 2.18. The second kappa shape index (κ2) is 7.52. The van der Waals surface area contributed by atoms with Crippen LogP contribution in [-0.4, -0.2) is 12.0 Å². The van der Waals surface area contributed by atoms with Gasteiger partial charge in [-0.3, -0.25) is 4.79 Å². The summed E-state index contributed by atoms with van der Waals surface area (Å²) in [5.74, 6) is 0.428. The maximum atomic E-state index is 12.3. The minimum Gasteiger partial charge on any atom is -0.481 e. The summed E-state index contributed by atoms with van der Waals surface area (Å²) in [7, 11) is 0. The van der Waals surface area contributed by atoms with Crippen LogP contribution in [0.4, 0.5) is 5.69 Å². The summed E-state index contributed by atoms with van der Waals surface area (Å²) < 4.78 is 5.76. The van der Waals surface area contributed by atoms with Crippen LogP contribution in [0.5, 0.6) is 5.75 Å². The Morgan fingerprint density at radius 2 is 1.86 bits per heavy atom. The first kappa shape index (κ1) is 16.7. The van der Waals surface area contributed by atoms with Gasteiger partial charge in [-0.1, -0.05) is 30.1 Å². The zero-order valence-corrected chi connectivity index (χ0v) is 13.9. The molecule has 0 aliphatic carbocycles. The van der Waals surface area contributed by atoms with E-state index in [0.29, 0.717) is 27.9 Å². The Bertz CT molecular complexity index is 656. The predicted octanol–water partition coefficient (Wildman–Crippen LogP) is 5.10. The molecule has 22 heavy (non-hydrogen) atoms. The molecule has 0 saturated carbocycles.